The molecule has 2 N–H and O–H groups in total. The Labute approximate surface area is 136 Å². The molecule has 1 fully saturated rings. The van der Waals surface area contributed by atoms with E-state index in [1.807, 2.05) is 13.8 Å². The minimum atomic E-state index is -0.310. The Balaban J connectivity index is 2.57. The van der Waals surface area contributed by atoms with Crippen molar-refractivity contribution >= 4 is 0 Å². The number of rotatable bonds is 10. The summed E-state index contributed by atoms with van der Waals surface area (Å²) >= 11 is 0. The minimum absolute atomic E-state index is 0.310. The summed E-state index contributed by atoms with van der Waals surface area (Å²) in [4.78, 5) is 7.03. The van der Waals surface area contributed by atoms with Crippen LogP contribution in [0.5, 0.6) is 0 Å². The van der Waals surface area contributed by atoms with Crippen LogP contribution in [0.15, 0.2) is 0 Å². The van der Waals surface area contributed by atoms with Gasteiger partial charge < -0.3 is 10.2 Å². The highest BCUT2D eigenvalue weighted by molar-refractivity contribution is 4.74. The van der Waals surface area contributed by atoms with E-state index in [-0.39, 0.29) is 12.2 Å². The fraction of sp³-hybridized carbons (Fsp3) is 1.00. The summed E-state index contributed by atoms with van der Waals surface area (Å²) in [6.45, 7) is 13.4. The molecule has 132 valence electrons. The Hall–Kier alpha value is -0.200. The second kappa shape index (κ2) is 10.6. The molecule has 1 saturated heterocycles. The van der Waals surface area contributed by atoms with Gasteiger partial charge in [0.25, 0.3) is 0 Å². The molecule has 1 heterocycles. The molecule has 0 aliphatic carbocycles. The number of β-amino-alcohol motifs (C(OH)–C–C–N with tert-alkyl or cyclic N) is 2. The predicted octanol–water partition coefficient (Wildman–Crippen LogP) is 1.76. The lowest BCUT2D eigenvalue weighted by Gasteiger charge is -2.44. The summed E-state index contributed by atoms with van der Waals surface area (Å²) in [7, 11) is 0. The Bertz CT molecular complexity index is 269. The topological polar surface area (TPSA) is 50.2 Å². The molecule has 0 spiro atoms. The van der Waals surface area contributed by atoms with Gasteiger partial charge in [-0.05, 0) is 26.2 Å². The largest absolute Gasteiger partial charge is 0.392 e. The van der Waals surface area contributed by atoms with E-state index in [1.165, 1.54) is 25.7 Å². The maximum absolute atomic E-state index is 9.68. The third-order valence-corrected chi connectivity index (χ3v) is 4.30. The van der Waals surface area contributed by atoms with E-state index in [0.717, 1.165) is 32.5 Å². The van der Waals surface area contributed by atoms with Crippen LogP contribution in [-0.2, 0) is 0 Å². The average Bonchev–Trinajstić information content (AvgIpc) is 2.41. The van der Waals surface area contributed by atoms with Crippen LogP contribution in [0.1, 0.15) is 53.4 Å². The minimum Gasteiger partial charge on any atom is -0.392 e. The molecule has 1 aliphatic rings. The standard InChI is InChI=1S/C17H37N3O2/c1-5-7-8-17(6-2)11-20-13-18(9-15(3)21)12-19(14-20)10-16(4)22/h15-17,21-22H,5-14H2,1-4H3. The van der Waals surface area contributed by atoms with Crippen molar-refractivity contribution in [1.82, 2.24) is 14.7 Å². The molecule has 0 aromatic rings. The molecular weight excluding hydrogens is 278 g/mol. The summed E-state index contributed by atoms with van der Waals surface area (Å²) in [6, 6.07) is 0. The molecule has 0 aromatic heterocycles. The summed E-state index contributed by atoms with van der Waals surface area (Å²) in [5.41, 5.74) is 0. The maximum Gasteiger partial charge on any atom is 0.0640 e. The highest BCUT2D eigenvalue weighted by atomic mass is 16.3. The van der Waals surface area contributed by atoms with Crippen LogP contribution in [0, 0.1) is 5.92 Å². The van der Waals surface area contributed by atoms with Crippen LogP contribution in [0.2, 0.25) is 0 Å². The van der Waals surface area contributed by atoms with Gasteiger partial charge in [-0.25, -0.2) is 0 Å². The Morgan fingerprint density at radius 1 is 0.818 bits per heavy atom. The van der Waals surface area contributed by atoms with E-state index in [4.69, 9.17) is 0 Å². The molecule has 0 saturated carbocycles. The number of aliphatic hydroxyl groups excluding tert-OH is 2. The van der Waals surface area contributed by atoms with Gasteiger partial charge in [0.05, 0.1) is 32.2 Å². The van der Waals surface area contributed by atoms with Crippen LogP contribution < -0.4 is 0 Å². The first-order valence-corrected chi connectivity index (χ1v) is 8.97. The highest BCUT2D eigenvalue weighted by Crippen LogP contribution is 2.17. The van der Waals surface area contributed by atoms with E-state index < -0.39 is 0 Å². The second-order valence-corrected chi connectivity index (χ2v) is 7.10. The van der Waals surface area contributed by atoms with E-state index >= 15 is 0 Å². The van der Waals surface area contributed by atoms with Crippen LogP contribution in [0.3, 0.4) is 0 Å². The number of aliphatic hydroxyl groups is 2. The van der Waals surface area contributed by atoms with E-state index in [2.05, 4.69) is 28.5 Å². The smallest absolute Gasteiger partial charge is 0.0640 e. The Kier molecular flexibility index (Phi) is 9.52. The Morgan fingerprint density at radius 3 is 1.64 bits per heavy atom. The third-order valence-electron chi connectivity index (χ3n) is 4.30. The first kappa shape index (κ1) is 19.8. The van der Waals surface area contributed by atoms with Gasteiger partial charge in [0.2, 0.25) is 0 Å². The SMILES string of the molecule is CCCCC(CC)CN1CN(CC(C)O)CN(CC(C)O)C1. The fourth-order valence-corrected chi connectivity index (χ4v) is 3.36. The normalized spacial score (nSPS) is 22.6. The zero-order valence-electron chi connectivity index (χ0n) is 15.0. The monoisotopic (exact) mass is 315 g/mol. The first-order chi connectivity index (χ1) is 10.4. The van der Waals surface area contributed by atoms with Gasteiger partial charge in [0, 0.05) is 19.6 Å². The van der Waals surface area contributed by atoms with Crippen molar-refractivity contribution < 1.29 is 10.2 Å². The van der Waals surface area contributed by atoms with Crippen LogP contribution in [0.25, 0.3) is 0 Å². The molecule has 5 nitrogen and oxygen atoms in total. The summed E-state index contributed by atoms with van der Waals surface area (Å²) < 4.78 is 0. The van der Waals surface area contributed by atoms with Gasteiger partial charge in [-0.1, -0.05) is 33.1 Å². The first-order valence-electron chi connectivity index (χ1n) is 8.97. The summed E-state index contributed by atoms with van der Waals surface area (Å²) in [5.74, 6) is 0.750. The van der Waals surface area contributed by atoms with E-state index in [1.54, 1.807) is 0 Å². The zero-order chi connectivity index (χ0) is 16.5. The predicted molar refractivity (Wildman–Crippen MR) is 91.4 cm³/mol. The molecule has 0 amide bonds. The number of hydrogen-bond acceptors (Lipinski definition) is 5. The van der Waals surface area contributed by atoms with Gasteiger partial charge in [-0.3, -0.25) is 14.7 Å². The molecule has 0 aromatic carbocycles. The molecule has 3 atom stereocenters. The third kappa shape index (κ3) is 7.88. The average molecular weight is 316 g/mol. The lowest BCUT2D eigenvalue weighted by atomic mass is 9.99. The van der Waals surface area contributed by atoms with Crippen molar-refractivity contribution in [2.75, 3.05) is 39.6 Å². The van der Waals surface area contributed by atoms with Gasteiger partial charge in [0.15, 0.2) is 0 Å². The molecule has 1 rings (SSSR count). The van der Waals surface area contributed by atoms with Gasteiger partial charge in [-0.15, -0.1) is 0 Å². The van der Waals surface area contributed by atoms with Crippen molar-refractivity contribution in [3.8, 4) is 0 Å². The van der Waals surface area contributed by atoms with Crippen molar-refractivity contribution in [3.05, 3.63) is 0 Å². The van der Waals surface area contributed by atoms with Crippen LogP contribution in [-0.4, -0.2) is 76.8 Å². The number of unbranched alkanes of at least 4 members (excludes halogenated alkanes) is 1. The van der Waals surface area contributed by atoms with E-state index in [9.17, 15) is 10.2 Å². The summed E-state index contributed by atoms with van der Waals surface area (Å²) in [5, 5.41) is 19.4. The quantitative estimate of drug-likeness (QED) is 0.643. The molecule has 5 heteroatoms. The number of hydrogen-bond donors (Lipinski definition) is 2. The Morgan fingerprint density at radius 2 is 1.27 bits per heavy atom. The fourth-order valence-electron chi connectivity index (χ4n) is 3.36. The molecule has 1 aliphatic heterocycles. The zero-order valence-corrected chi connectivity index (χ0v) is 15.0. The molecule has 0 radical (unpaired) electrons. The summed E-state index contributed by atoms with van der Waals surface area (Å²) in [6.07, 6.45) is 4.48. The molecule has 3 unspecified atom stereocenters. The van der Waals surface area contributed by atoms with Gasteiger partial charge >= 0.3 is 0 Å². The maximum atomic E-state index is 9.68. The van der Waals surface area contributed by atoms with Crippen molar-refractivity contribution in [3.63, 3.8) is 0 Å². The molecular formula is C17H37N3O2. The van der Waals surface area contributed by atoms with Crippen LogP contribution >= 0.6 is 0 Å². The van der Waals surface area contributed by atoms with Crippen LogP contribution in [0.4, 0.5) is 0 Å². The van der Waals surface area contributed by atoms with Gasteiger partial charge in [0.1, 0.15) is 0 Å². The van der Waals surface area contributed by atoms with Crippen molar-refractivity contribution in [2.45, 2.75) is 65.6 Å². The molecule has 22 heavy (non-hydrogen) atoms. The lowest BCUT2D eigenvalue weighted by molar-refractivity contribution is -0.0616. The van der Waals surface area contributed by atoms with Crippen molar-refractivity contribution in [1.29, 1.82) is 0 Å². The van der Waals surface area contributed by atoms with Crippen molar-refractivity contribution in [2.24, 2.45) is 5.92 Å². The van der Waals surface area contributed by atoms with Gasteiger partial charge in [-0.2, -0.15) is 0 Å². The number of nitrogens with zero attached hydrogens (tertiary/aromatic N) is 3. The molecule has 0 bridgehead atoms. The lowest BCUT2D eigenvalue weighted by Crippen LogP contribution is -2.57. The second-order valence-electron chi connectivity index (χ2n) is 7.10. The van der Waals surface area contributed by atoms with E-state index in [0.29, 0.717) is 13.1 Å². The highest BCUT2D eigenvalue weighted by Gasteiger charge is 2.26.